The lowest BCUT2D eigenvalue weighted by molar-refractivity contribution is -0.0927. The van der Waals surface area contributed by atoms with E-state index in [1.165, 1.54) is 6.42 Å². The first-order valence-corrected chi connectivity index (χ1v) is 8.79. The molecule has 4 nitrogen and oxygen atoms in total. The highest BCUT2D eigenvalue weighted by molar-refractivity contribution is 5.68. The quantitative estimate of drug-likeness (QED) is 0.897. The van der Waals surface area contributed by atoms with Crippen molar-refractivity contribution in [3.8, 4) is 0 Å². The van der Waals surface area contributed by atoms with E-state index >= 15 is 0 Å². The molecule has 0 radical (unpaired) electrons. The summed E-state index contributed by atoms with van der Waals surface area (Å²) in [7, 11) is 0. The van der Waals surface area contributed by atoms with Crippen molar-refractivity contribution in [3.63, 3.8) is 0 Å². The number of alkyl carbamates (subject to hydrolysis) is 1. The van der Waals surface area contributed by atoms with Crippen LogP contribution in [-0.2, 0) is 11.3 Å². The SMILES string of the molecule is O=C(NC1(CO)C2CC3CC(C2)CC1C3)OCc1ccccc1. The monoisotopic (exact) mass is 315 g/mol. The number of aliphatic hydroxyl groups is 1. The van der Waals surface area contributed by atoms with Crippen LogP contribution in [0.1, 0.15) is 37.7 Å². The molecule has 4 aliphatic rings. The molecule has 5 rings (SSSR count). The predicted octanol–water partition coefficient (Wildman–Crippen LogP) is 3.10. The van der Waals surface area contributed by atoms with E-state index in [-0.39, 0.29) is 13.2 Å². The van der Waals surface area contributed by atoms with Gasteiger partial charge in [0.25, 0.3) is 0 Å². The average Bonchev–Trinajstić information content (AvgIpc) is 2.57. The van der Waals surface area contributed by atoms with Crippen LogP contribution in [0.4, 0.5) is 4.79 Å². The molecule has 1 amide bonds. The van der Waals surface area contributed by atoms with E-state index in [1.54, 1.807) is 0 Å². The number of ether oxygens (including phenoxy) is 1. The van der Waals surface area contributed by atoms with E-state index in [0.717, 1.165) is 43.1 Å². The summed E-state index contributed by atoms with van der Waals surface area (Å²) < 4.78 is 5.40. The van der Waals surface area contributed by atoms with Gasteiger partial charge in [0.15, 0.2) is 0 Å². The third kappa shape index (κ3) is 2.63. The van der Waals surface area contributed by atoms with Crippen molar-refractivity contribution in [2.75, 3.05) is 6.61 Å². The van der Waals surface area contributed by atoms with E-state index in [0.29, 0.717) is 11.8 Å². The zero-order chi connectivity index (χ0) is 15.9. The van der Waals surface area contributed by atoms with Crippen LogP contribution < -0.4 is 5.32 Å². The van der Waals surface area contributed by atoms with Gasteiger partial charge in [-0.1, -0.05) is 30.3 Å². The van der Waals surface area contributed by atoms with E-state index in [9.17, 15) is 9.90 Å². The Morgan fingerprint density at radius 1 is 1.09 bits per heavy atom. The normalized spacial score (nSPS) is 37.6. The molecule has 4 aliphatic carbocycles. The molecule has 0 atom stereocenters. The fourth-order valence-corrected chi connectivity index (χ4v) is 5.48. The van der Waals surface area contributed by atoms with Crippen LogP contribution in [0, 0.1) is 23.7 Å². The van der Waals surface area contributed by atoms with Crippen molar-refractivity contribution in [2.24, 2.45) is 23.7 Å². The van der Waals surface area contributed by atoms with Crippen molar-refractivity contribution >= 4 is 6.09 Å². The minimum atomic E-state index is -0.457. The third-order valence-electron chi connectivity index (χ3n) is 6.40. The van der Waals surface area contributed by atoms with Crippen LogP contribution >= 0.6 is 0 Å². The molecule has 4 fully saturated rings. The van der Waals surface area contributed by atoms with Gasteiger partial charge in [-0.05, 0) is 61.3 Å². The zero-order valence-electron chi connectivity index (χ0n) is 13.4. The molecule has 4 bridgehead atoms. The van der Waals surface area contributed by atoms with Gasteiger partial charge in [-0.3, -0.25) is 0 Å². The first-order valence-electron chi connectivity index (χ1n) is 8.79. The van der Waals surface area contributed by atoms with Crippen LogP contribution in [0.5, 0.6) is 0 Å². The van der Waals surface area contributed by atoms with Crippen LogP contribution in [0.3, 0.4) is 0 Å². The van der Waals surface area contributed by atoms with Crippen LogP contribution in [0.25, 0.3) is 0 Å². The summed E-state index contributed by atoms with van der Waals surface area (Å²) in [6, 6.07) is 9.70. The fourth-order valence-electron chi connectivity index (χ4n) is 5.48. The Morgan fingerprint density at radius 2 is 1.70 bits per heavy atom. The van der Waals surface area contributed by atoms with E-state index < -0.39 is 11.6 Å². The largest absolute Gasteiger partial charge is 0.445 e. The van der Waals surface area contributed by atoms with Crippen molar-refractivity contribution in [1.82, 2.24) is 5.32 Å². The second-order valence-corrected chi connectivity index (χ2v) is 7.69. The van der Waals surface area contributed by atoms with Crippen molar-refractivity contribution in [1.29, 1.82) is 0 Å². The summed E-state index contributed by atoms with van der Waals surface area (Å²) in [5, 5.41) is 13.2. The first-order chi connectivity index (χ1) is 11.2. The second-order valence-electron chi connectivity index (χ2n) is 7.69. The standard InChI is InChI=1S/C19H25NO3/c21-12-19(16-7-14-6-15(9-16)10-17(19)8-14)20-18(22)23-11-13-4-2-1-3-5-13/h1-5,14-17,21H,6-12H2,(H,20,22). The van der Waals surface area contributed by atoms with Gasteiger partial charge < -0.3 is 15.2 Å². The topological polar surface area (TPSA) is 58.6 Å². The minimum Gasteiger partial charge on any atom is -0.445 e. The highest BCUT2D eigenvalue weighted by atomic mass is 16.5. The Morgan fingerprint density at radius 3 is 2.26 bits per heavy atom. The molecular formula is C19H25NO3. The maximum absolute atomic E-state index is 12.3. The predicted molar refractivity (Wildman–Crippen MR) is 86.6 cm³/mol. The third-order valence-corrected chi connectivity index (χ3v) is 6.40. The highest BCUT2D eigenvalue weighted by Gasteiger charge is 2.57. The molecule has 0 heterocycles. The lowest BCUT2D eigenvalue weighted by Gasteiger charge is -2.60. The van der Waals surface area contributed by atoms with Crippen LogP contribution in [-0.4, -0.2) is 23.3 Å². The Labute approximate surface area is 137 Å². The number of rotatable bonds is 4. The van der Waals surface area contributed by atoms with Crippen molar-refractivity contribution in [2.45, 2.75) is 44.2 Å². The minimum absolute atomic E-state index is 0.0300. The number of hydrogen-bond donors (Lipinski definition) is 2. The number of amides is 1. The van der Waals surface area contributed by atoms with Crippen molar-refractivity contribution < 1.29 is 14.6 Å². The molecular weight excluding hydrogens is 290 g/mol. The summed E-state index contributed by atoms with van der Waals surface area (Å²) in [6.07, 6.45) is 5.54. The maximum atomic E-state index is 12.3. The summed E-state index contributed by atoms with van der Waals surface area (Å²) in [6.45, 7) is 0.303. The van der Waals surface area contributed by atoms with Crippen LogP contribution in [0.15, 0.2) is 30.3 Å². The number of hydrogen-bond acceptors (Lipinski definition) is 3. The summed E-state index contributed by atoms with van der Waals surface area (Å²) >= 11 is 0. The summed E-state index contributed by atoms with van der Waals surface area (Å²) in [5.41, 5.74) is 0.520. The van der Waals surface area contributed by atoms with Crippen LogP contribution in [0.2, 0.25) is 0 Å². The number of benzene rings is 1. The van der Waals surface area contributed by atoms with Gasteiger partial charge in [0.05, 0.1) is 12.1 Å². The summed E-state index contributed by atoms with van der Waals surface area (Å²) in [5.74, 6) is 2.43. The fraction of sp³-hybridized carbons (Fsp3) is 0.632. The number of nitrogens with one attached hydrogen (secondary N) is 1. The molecule has 0 aliphatic heterocycles. The van der Waals surface area contributed by atoms with Gasteiger partial charge >= 0.3 is 6.09 Å². The Balaban J connectivity index is 1.43. The molecule has 0 spiro atoms. The van der Waals surface area contributed by atoms with Gasteiger partial charge in [-0.25, -0.2) is 4.79 Å². The zero-order valence-corrected chi connectivity index (χ0v) is 13.4. The Bertz CT molecular complexity index is 543. The second kappa shape index (κ2) is 5.82. The Hall–Kier alpha value is -1.55. The van der Waals surface area contributed by atoms with E-state index in [4.69, 9.17) is 4.74 Å². The maximum Gasteiger partial charge on any atom is 0.407 e. The number of carbonyl (C=O) groups is 1. The molecule has 2 N–H and O–H groups in total. The molecule has 23 heavy (non-hydrogen) atoms. The van der Waals surface area contributed by atoms with E-state index in [1.807, 2.05) is 30.3 Å². The number of aliphatic hydroxyl groups excluding tert-OH is 1. The van der Waals surface area contributed by atoms with Gasteiger partial charge in [0.2, 0.25) is 0 Å². The smallest absolute Gasteiger partial charge is 0.407 e. The first kappa shape index (κ1) is 15.0. The molecule has 1 aromatic rings. The molecule has 0 unspecified atom stereocenters. The van der Waals surface area contributed by atoms with E-state index in [2.05, 4.69) is 5.32 Å². The van der Waals surface area contributed by atoms with Gasteiger partial charge in [0, 0.05) is 0 Å². The summed E-state index contributed by atoms with van der Waals surface area (Å²) in [4.78, 5) is 12.3. The molecule has 0 saturated heterocycles. The van der Waals surface area contributed by atoms with Gasteiger partial charge in [-0.2, -0.15) is 0 Å². The molecule has 4 heteroatoms. The number of carbonyl (C=O) groups excluding carboxylic acids is 1. The molecule has 4 saturated carbocycles. The van der Waals surface area contributed by atoms with Crippen molar-refractivity contribution in [3.05, 3.63) is 35.9 Å². The molecule has 124 valence electrons. The average molecular weight is 315 g/mol. The lowest BCUT2D eigenvalue weighted by Crippen LogP contribution is -2.68. The highest BCUT2D eigenvalue weighted by Crippen LogP contribution is 2.58. The van der Waals surface area contributed by atoms with Gasteiger partial charge in [-0.15, -0.1) is 0 Å². The Kier molecular flexibility index (Phi) is 3.80. The lowest BCUT2D eigenvalue weighted by atomic mass is 9.48. The van der Waals surface area contributed by atoms with Gasteiger partial charge in [0.1, 0.15) is 6.61 Å². The molecule has 0 aromatic heterocycles. The molecule has 1 aromatic carbocycles.